The zero-order valence-corrected chi connectivity index (χ0v) is 8.01. The third-order valence-corrected chi connectivity index (χ3v) is 2.48. The van der Waals surface area contributed by atoms with Crippen molar-refractivity contribution in [1.82, 2.24) is 9.80 Å². The van der Waals surface area contributed by atoms with Gasteiger partial charge in [0.05, 0.1) is 0 Å². The molecular weight excluding hydrogens is 136 g/mol. The molecule has 1 aliphatic rings. The third-order valence-electron chi connectivity index (χ3n) is 2.48. The van der Waals surface area contributed by atoms with Crippen LogP contribution in [-0.2, 0) is 0 Å². The maximum Gasteiger partial charge on any atom is 0.0195 e. The van der Waals surface area contributed by atoms with Crippen molar-refractivity contribution < 1.29 is 0 Å². The highest BCUT2D eigenvalue weighted by atomic mass is 15.3. The molecule has 0 aliphatic carbocycles. The normalized spacial score (nSPS) is 29.2. The lowest BCUT2D eigenvalue weighted by atomic mass is 10.2. The summed E-state index contributed by atoms with van der Waals surface area (Å²) in [6.45, 7) is 9.58. The van der Waals surface area contributed by atoms with Gasteiger partial charge in [0.1, 0.15) is 0 Å². The van der Waals surface area contributed by atoms with E-state index in [-0.39, 0.29) is 0 Å². The van der Waals surface area contributed by atoms with Crippen molar-refractivity contribution >= 4 is 0 Å². The van der Waals surface area contributed by atoms with E-state index in [2.05, 4.69) is 30.7 Å². The molecule has 66 valence electrons. The molecule has 0 radical (unpaired) electrons. The molecule has 1 aliphatic heterocycles. The molecule has 1 fully saturated rings. The predicted octanol–water partition coefficient (Wildman–Crippen LogP) is 1.03. The summed E-state index contributed by atoms with van der Waals surface area (Å²) in [6.07, 6.45) is 1.29. The second-order valence-corrected chi connectivity index (χ2v) is 3.65. The molecule has 2 nitrogen and oxygen atoms in total. The van der Waals surface area contributed by atoms with Crippen molar-refractivity contribution in [1.29, 1.82) is 0 Å². The largest absolute Gasteiger partial charge is 0.304 e. The minimum atomic E-state index is 0.758. The molecule has 0 saturated carbocycles. The van der Waals surface area contributed by atoms with Crippen LogP contribution < -0.4 is 0 Å². The first kappa shape index (κ1) is 9.01. The summed E-state index contributed by atoms with van der Waals surface area (Å²) in [5, 5.41) is 0. The molecule has 1 saturated heterocycles. The maximum atomic E-state index is 2.58. The highest BCUT2D eigenvalue weighted by Crippen LogP contribution is 2.07. The zero-order chi connectivity index (χ0) is 8.27. The van der Waals surface area contributed by atoms with Crippen molar-refractivity contribution in [2.45, 2.75) is 26.3 Å². The topological polar surface area (TPSA) is 6.48 Å². The van der Waals surface area contributed by atoms with Gasteiger partial charge in [-0.25, -0.2) is 0 Å². The van der Waals surface area contributed by atoms with E-state index in [4.69, 9.17) is 0 Å². The van der Waals surface area contributed by atoms with Crippen molar-refractivity contribution in [2.24, 2.45) is 0 Å². The van der Waals surface area contributed by atoms with Crippen LogP contribution in [-0.4, -0.2) is 49.1 Å². The first-order chi connectivity index (χ1) is 5.24. The molecule has 2 heteroatoms. The number of nitrogens with zero attached hydrogens (tertiary/aromatic N) is 2. The molecule has 0 bridgehead atoms. The van der Waals surface area contributed by atoms with Gasteiger partial charge in [-0.15, -0.1) is 0 Å². The average molecular weight is 156 g/mol. The second-order valence-electron chi connectivity index (χ2n) is 3.65. The molecule has 1 rings (SSSR count). The molecular formula is C9H20N2. The first-order valence-corrected chi connectivity index (χ1v) is 4.66. The fourth-order valence-electron chi connectivity index (χ4n) is 1.80. The van der Waals surface area contributed by atoms with Crippen molar-refractivity contribution in [2.75, 3.05) is 33.2 Å². The van der Waals surface area contributed by atoms with Crippen LogP contribution in [0.1, 0.15) is 20.3 Å². The summed E-state index contributed by atoms with van der Waals surface area (Å²) in [7, 11) is 2.21. The van der Waals surface area contributed by atoms with Gasteiger partial charge in [0, 0.05) is 25.7 Å². The van der Waals surface area contributed by atoms with Gasteiger partial charge in [0.25, 0.3) is 0 Å². The SMILES string of the molecule is CCCN1CCN(C)C[C@H]1C. The summed E-state index contributed by atoms with van der Waals surface area (Å²) in [5.74, 6) is 0. The van der Waals surface area contributed by atoms with Crippen LogP contribution in [0.4, 0.5) is 0 Å². The molecule has 11 heavy (non-hydrogen) atoms. The minimum absolute atomic E-state index is 0.758. The van der Waals surface area contributed by atoms with E-state index in [1.165, 1.54) is 32.6 Å². The zero-order valence-electron chi connectivity index (χ0n) is 8.01. The summed E-state index contributed by atoms with van der Waals surface area (Å²) < 4.78 is 0. The maximum absolute atomic E-state index is 2.58. The third kappa shape index (κ3) is 2.46. The molecule has 0 amide bonds. The molecule has 0 aromatic carbocycles. The summed E-state index contributed by atoms with van der Waals surface area (Å²) in [4.78, 5) is 5.00. The Bertz CT molecular complexity index is 114. The average Bonchev–Trinajstić information content (AvgIpc) is 1.95. The van der Waals surface area contributed by atoms with E-state index in [9.17, 15) is 0 Å². The van der Waals surface area contributed by atoms with Gasteiger partial charge >= 0.3 is 0 Å². The smallest absolute Gasteiger partial charge is 0.0195 e. The molecule has 1 heterocycles. The van der Waals surface area contributed by atoms with Gasteiger partial charge < -0.3 is 4.90 Å². The van der Waals surface area contributed by atoms with Gasteiger partial charge in [-0.2, -0.15) is 0 Å². The van der Waals surface area contributed by atoms with Gasteiger partial charge in [-0.05, 0) is 26.9 Å². The Hall–Kier alpha value is -0.0800. The van der Waals surface area contributed by atoms with Crippen LogP contribution in [0.15, 0.2) is 0 Å². The lowest BCUT2D eigenvalue weighted by Gasteiger charge is -2.37. The molecule has 0 unspecified atom stereocenters. The van der Waals surface area contributed by atoms with Gasteiger partial charge in [0.2, 0.25) is 0 Å². The standard InChI is InChI=1S/C9H20N2/c1-4-5-11-7-6-10(3)8-9(11)2/h9H,4-8H2,1-3H3/t9-/m1/s1. The van der Waals surface area contributed by atoms with Crippen LogP contribution in [0.2, 0.25) is 0 Å². The van der Waals surface area contributed by atoms with Gasteiger partial charge in [0.15, 0.2) is 0 Å². The fourth-order valence-corrected chi connectivity index (χ4v) is 1.80. The molecule has 1 atom stereocenters. The molecule has 0 aromatic heterocycles. The van der Waals surface area contributed by atoms with Crippen LogP contribution in [0.3, 0.4) is 0 Å². The van der Waals surface area contributed by atoms with Gasteiger partial charge in [-0.3, -0.25) is 4.90 Å². The first-order valence-electron chi connectivity index (χ1n) is 4.66. The summed E-state index contributed by atoms with van der Waals surface area (Å²) in [5.41, 5.74) is 0. The fraction of sp³-hybridized carbons (Fsp3) is 1.00. The van der Waals surface area contributed by atoms with E-state index in [0.29, 0.717) is 0 Å². The van der Waals surface area contributed by atoms with Crippen LogP contribution in [0.5, 0.6) is 0 Å². The Morgan fingerprint density at radius 3 is 2.64 bits per heavy atom. The second kappa shape index (κ2) is 4.07. The lowest BCUT2D eigenvalue weighted by Crippen LogP contribution is -2.50. The lowest BCUT2D eigenvalue weighted by molar-refractivity contribution is 0.100. The number of hydrogen-bond donors (Lipinski definition) is 0. The van der Waals surface area contributed by atoms with E-state index >= 15 is 0 Å². The Morgan fingerprint density at radius 2 is 2.09 bits per heavy atom. The Labute approximate surface area is 70.2 Å². The predicted molar refractivity (Wildman–Crippen MR) is 48.8 cm³/mol. The van der Waals surface area contributed by atoms with E-state index in [1.54, 1.807) is 0 Å². The summed E-state index contributed by atoms with van der Waals surface area (Å²) in [6, 6.07) is 0.758. The number of likely N-dealkylation sites (N-methyl/N-ethyl adjacent to an activating group) is 1. The highest BCUT2D eigenvalue weighted by Gasteiger charge is 2.19. The van der Waals surface area contributed by atoms with Crippen molar-refractivity contribution in [3.63, 3.8) is 0 Å². The molecule has 0 aromatic rings. The number of piperazine rings is 1. The minimum Gasteiger partial charge on any atom is -0.304 e. The molecule has 0 spiro atoms. The van der Waals surface area contributed by atoms with E-state index < -0.39 is 0 Å². The Kier molecular flexibility index (Phi) is 3.34. The van der Waals surface area contributed by atoms with E-state index in [0.717, 1.165) is 6.04 Å². The molecule has 0 N–H and O–H groups in total. The quantitative estimate of drug-likeness (QED) is 0.589. The highest BCUT2D eigenvalue weighted by molar-refractivity contribution is 4.76. The number of rotatable bonds is 2. The monoisotopic (exact) mass is 156 g/mol. The van der Waals surface area contributed by atoms with Crippen molar-refractivity contribution in [3.8, 4) is 0 Å². The Balaban J connectivity index is 2.31. The van der Waals surface area contributed by atoms with Crippen LogP contribution in [0, 0.1) is 0 Å². The summed E-state index contributed by atoms with van der Waals surface area (Å²) >= 11 is 0. The number of hydrogen-bond acceptors (Lipinski definition) is 2. The van der Waals surface area contributed by atoms with Crippen LogP contribution >= 0.6 is 0 Å². The Morgan fingerprint density at radius 1 is 1.36 bits per heavy atom. The van der Waals surface area contributed by atoms with Crippen molar-refractivity contribution in [3.05, 3.63) is 0 Å². The van der Waals surface area contributed by atoms with Gasteiger partial charge in [-0.1, -0.05) is 6.92 Å². The van der Waals surface area contributed by atoms with E-state index in [1.807, 2.05) is 0 Å². The van der Waals surface area contributed by atoms with Crippen LogP contribution in [0.25, 0.3) is 0 Å².